The van der Waals surface area contributed by atoms with Crippen LogP contribution >= 0.6 is 0 Å². The number of hydrogen-bond acceptors (Lipinski definition) is 2. The van der Waals surface area contributed by atoms with Crippen molar-refractivity contribution in [3.05, 3.63) is 24.3 Å². The minimum absolute atomic E-state index is 0.119. The summed E-state index contributed by atoms with van der Waals surface area (Å²) in [5.41, 5.74) is 0.962. The maximum atomic E-state index is 12.6. The van der Waals surface area contributed by atoms with Gasteiger partial charge in [-0.1, -0.05) is 40.5 Å². The number of hydrogen-bond donors (Lipinski definition) is 0. The lowest BCUT2D eigenvalue weighted by atomic mass is 9.39. The Hall–Kier alpha value is -1.39. The molecule has 33 heavy (non-hydrogen) atoms. The van der Waals surface area contributed by atoms with Crippen LogP contribution in [0.2, 0.25) is 0 Å². The molecule has 0 heterocycles. The van der Waals surface area contributed by atoms with Gasteiger partial charge in [0, 0.05) is 5.92 Å². The van der Waals surface area contributed by atoms with Crippen molar-refractivity contribution in [3.63, 3.8) is 0 Å². The molecule has 0 aromatic heterocycles. The van der Waals surface area contributed by atoms with Crippen molar-refractivity contribution in [1.29, 1.82) is 0 Å². The Labute approximate surface area is 196 Å². The maximum Gasteiger partial charge on any atom is 0.573 e. The Bertz CT molecular complexity index is 863. The van der Waals surface area contributed by atoms with Crippen molar-refractivity contribution in [2.24, 2.45) is 39.9 Å². The number of fused-ring (bicyclic) bond motifs is 5. The topological polar surface area (TPSA) is 18.5 Å². The van der Waals surface area contributed by atoms with E-state index >= 15 is 0 Å². The molecule has 7 atom stereocenters. The van der Waals surface area contributed by atoms with Gasteiger partial charge in [0.25, 0.3) is 0 Å². The molecule has 0 spiro atoms. The number of rotatable bonds is 3. The standard InChI is InChI=1S/C28H39F3O2/c1-25(2)14-5-8-23-24(32-18-9-11-19(12-10-18)33-28(29,30)31)17-20-21-7-6-15-26(21,3)16-13-22(20)27(23,25)4/h9-12,20-24H,5-8,13-17H2,1-4H3/t20-,21-,22-,23+,24+,26-,27+/m0/s1. The van der Waals surface area contributed by atoms with E-state index in [2.05, 4.69) is 32.4 Å². The van der Waals surface area contributed by atoms with E-state index in [0.717, 1.165) is 18.3 Å². The number of ether oxygens (including phenoxy) is 2. The van der Waals surface area contributed by atoms with Crippen LogP contribution in [0.4, 0.5) is 13.2 Å². The van der Waals surface area contributed by atoms with E-state index in [4.69, 9.17) is 4.74 Å². The van der Waals surface area contributed by atoms with Crippen LogP contribution in [0.5, 0.6) is 11.5 Å². The summed E-state index contributed by atoms with van der Waals surface area (Å²) in [4.78, 5) is 0. The first kappa shape index (κ1) is 23.4. The fourth-order valence-electron chi connectivity index (χ4n) is 9.00. The highest BCUT2D eigenvalue weighted by Crippen LogP contribution is 2.70. The Kier molecular flexibility index (Phi) is 5.53. The number of alkyl halides is 3. The third-order valence-corrected chi connectivity index (χ3v) is 10.8. The fraction of sp³-hybridized carbons (Fsp3) is 0.786. The third kappa shape index (κ3) is 3.86. The summed E-state index contributed by atoms with van der Waals surface area (Å²) in [6.45, 7) is 10.0. The molecule has 0 bridgehead atoms. The Morgan fingerprint density at radius 2 is 1.42 bits per heavy atom. The van der Waals surface area contributed by atoms with E-state index in [9.17, 15) is 13.2 Å². The molecule has 5 heteroatoms. The second-order valence-electron chi connectivity index (χ2n) is 12.5. The highest BCUT2D eigenvalue weighted by atomic mass is 19.4. The van der Waals surface area contributed by atoms with E-state index in [1.807, 2.05) is 0 Å². The molecule has 1 aromatic carbocycles. The fourth-order valence-corrected chi connectivity index (χ4v) is 9.00. The van der Waals surface area contributed by atoms with E-state index < -0.39 is 6.36 Å². The maximum absolute atomic E-state index is 12.6. The van der Waals surface area contributed by atoms with Gasteiger partial charge in [0.2, 0.25) is 0 Å². The van der Waals surface area contributed by atoms with Crippen molar-refractivity contribution >= 4 is 0 Å². The Morgan fingerprint density at radius 1 is 0.788 bits per heavy atom. The normalized spacial score (nSPS) is 42.1. The molecule has 184 valence electrons. The average molecular weight is 465 g/mol. The summed E-state index contributed by atoms with van der Waals surface area (Å²) in [7, 11) is 0. The lowest BCUT2D eigenvalue weighted by molar-refractivity contribution is -0.274. The van der Waals surface area contributed by atoms with Gasteiger partial charge >= 0.3 is 6.36 Å². The zero-order valence-corrected chi connectivity index (χ0v) is 20.5. The van der Waals surface area contributed by atoms with Gasteiger partial charge in [-0.15, -0.1) is 13.2 Å². The highest BCUT2D eigenvalue weighted by molar-refractivity contribution is 5.32. The quantitative estimate of drug-likeness (QED) is 0.447. The first-order chi connectivity index (χ1) is 15.4. The van der Waals surface area contributed by atoms with E-state index in [-0.39, 0.29) is 22.7 Å². The smallest absolute Gasteiger partial charge is 0.490 e. The van der Waals surface area contributed by atoms with Gasteiger partial charge in [-0.05, 0) is 103 Å². The molecule has 4 aliphatic carbocycles. The molecule has 4 aliphatic rings. The summed E-state index contributed by atoms with van der Waals surface area (Å²) in [5.74, 6) is 3.15. The average Bonchev–Trinajstić information content (AvgIpc) is 3.12. The lowest BCUT2D eigenvalue weighted by Gasteiger charge is -2.66. The monoisotopic (exact) mass is 464 g/mol. The van der Waals surface area contributed by atoms with Crippen LogP contribution in [0, 0.1) is 39.9 Å². The van der Waals surface area contributed by atoms with Crippen molar-refractivity contribution < 1.29 is 22.6 Å². The Morgan fingerprint density at radius 3 is 2.12 bits per heavy atom. The summed E-state index contributed by atoms with van der Waals surface area (Å²) in [6, 6.07) is 6.01. The van der Waals surface area contributed by atoms with E-state index in [1.165, 1.54) is 63.5 Å². The van der Waals surface area contributed by atoms with Crippen molar-refractivity contribution in [3.8, 4) is 11.5 Å². The molecule has 5 rings (SSSR count). The molecule has 0 unspecified atom stereocenters. The minimum Gasteiger partial charge on any atom is -0.490 e. The highest BCUT2D eigenvalue weighted by Gasteiger charge is 2.64. The summed E-state index contributed by atoms with van der Waals surface area (Å²) < 4.78 is 48.4. The number of benzene rings is 1. The molecule has 0 saturated heterocycles. The first-order valence-corrected chi connectivity index (χ1v) is 13.0. The minimum atomic E-state index is -4.68. The zero-order valence-electron chi connectivity index (χ0n) is 20.5. The van der Waals surface area contributed by atoms with Gasteiger partial charge < -0.3 is 9.47 Å². The van der Waals surface area contributed by atoms with Gasteiger partial charge in [-0.25, -0.2) is 0 Å². The van der Waals surface area contributed by atoms with Crippen LogP contribution in [0.1, 0.15) is 85.5 Å². The number of halogens is 3. The van der Waals surface area contributed by atoms with E-state index in [0.29, 0.717) is 23.0 Å². The molecule has 2 nitrogen and oxygen atoms in total. The van der Waals surface area contributed by atoms with Gasteiger partial charge in [-0.3, -0.25) is 0 Å². The van der Waals surface area contributed by atoms with Gasteiger partial charge in [0.1, 0.15) is 17.6 Å². The van der Waals surface area contributed by atoms with Crippen LogP contribution in [0.3, 0.4) is 0 Å². The van der Waals surface area contributed by atoms with Crippen molar-refractivity contribution in [1.82, 2.24) is 0 Å². The van der Waals surface area contributed by atoms with Crippen LogP contribution in [-0.4, -0.2) is 12.5 Å². The zero-order chi connectivity index (χ0) is 23.6. The van der Waals surface area contributed by atoms with Gasteiger partial charge in [-0.2, -0.15) is 0 Å². The second kappa shape index (κ2) is 7.81. The third-order valence-electron chi connectivity index (χ3n) is 10.8. The Balaban J connectivity index is 1.45. The first-order valence-electron chi connectivity index (χ1n) is 13.0. The SMILES string of the molecule is CC1(C)CCC[C@@H]2[C@H](Oc3ccc(OC(F)(F)F)cc3)C[C@H]3[C@@H]4CCC[C@@]4(C)CC[C@@H]3[C@]21C. The molecular formula is C28H39F3O2. The molecule has 4 fully saturated rings. The summed E-state index contributed by atoms with van der Waals surface area (Å²) in [6.07, 6.45) is 6.96. The van der Waals surface area contributed by atoms with E-state index in [1.54, 1.807) is 12.1 Å². The van der Waals surface area contributed by atoms with Crippen LogP contribution in [0.15, 0.2) is 24.3 Å². The molecule has 4 saturated carbocycles. The van der Waals surface area contributed by atoms with Crippen LogP contribution < -0.4 is 9.47 Å². The van der Waals surface area contributed by atoms with Gasteiger partial charge in [0.15, 0.2) is 0 Å². The summed E-state index contributed by atoms with van der Waals surface area (Å²) >= 11 is 0. The van der Waals surface area contributed by atoms with Crippen LogP contribution in [-0.2, 0) is 0 Å². The van der Waals surface area contributed by atoms with Crippen LogP contribution in [0.25, 0.3) is 0 Å². The molecule has 0 N–H and O–H groups in total. The van der Waals surface area contributed by atoms with Gasteiger partial charge in [0.05, 0.1) is 0 Å². The largest absolute Gasteiger partial charge is 0.573 e. The predicted octanol–water partition coefficient (Wildman–Crippen LogP) is 8.40. The molecule has 1 aromatic rings. The molecule has 0 aliphatic heterocycles. The van der Waals surface area contributed by atoms with Crippen molar-refractivity contribution in [2.45, 2.75) is 97.9 Å². The lowest BCUT2D eigenvalue weighted by Crippen LogP contribution is -2.62. The summed E-state index contributed by atoms with van der Waals surface area (Å²) in [5, 5.41) is 0. The molecular weight excluding hydrogens is 425 g/mol. The van der Waals surface area contributed by atoms with Crippen molar-refractivity contribution in [2.75, 3.05) is 0 Å². The molecule has 0 amide bonds. The molecule has 0 radical (unpaired) electrons. The second-order valence-corrected chi connectivity index (χ2v) is 12.5. The predicted molar refractivity (Wildman–Crippen MR) is 123 cm³/mol.